The molecular weight excluding hydrogens is 314 g/mol. The lowest BCUT2D eigenvalue weighted by atomic mass is 10.00. The third-order valence-corrected chi connectivity index (χ3v) is 4.06. The number of hydrogen-bond donors (Lipinski definition) is 2. The Morgan fingerprint density at radius 2 is 2.00 bits per heavy atom. The van der Waals surface area contributed by atoms with Gasteiger partial charge in [0.05, 0.1) is 0 Å². The molecule has 5 nitrogen and oxygen atoms in total. The Labute approximate surface area is 144 Å². The SMILES string of the molecule is CC(CN)CNC(=O)C(c1ccccc1)N1CCCCC1=O.Cl. The Hall–Kier alpha value is -1.59. The Kier molecular flexibility index (Phi) is 8.06. The standard InChI is InChI=1S/C17H25N3O2.ClH/c1-13(11-18)12-19-17(22)16(14-7-3-2-4-8-14)20-10-6-5-9-15(20)21;/h2-4,7-8,13,16H,5-6,9-12,18H2,1H3,(H,19,22);1H. The van der Waals surface area contributed by atoms with E-state index in [4.69, 9.17) is 5.73 Å². The van der Waals surface area contributed by atoms with E-state index in [-0.39, 0.29) is 30.1 Å². The van der Waals surface area contributed by atoms with Gasteiger partial charge in [-0.3, -0.25) is 9.59 Å². The van der Waals surface area contributed by atoms with Gasteiger partial charge in [0.2, 0.25) is 11.8 Å². The zero-order chi connectivity index (χ0) is 15.9. The van der Waals surface area contributed by atoms with Crippen molar-refractivity contribution >= 4 is 24.2 Å². The molecule has 1 saturated heterocycles. The number of rotatable bonds is 6. The number of nitrogens with two attached hydrogens (primary N) is 1. The molecule has 0 spiro atoms. The largest absolute Gasteiger partial charge is 0.354 e. The van der Waals surface area contributed by atoms with Crippen LogP contribution in [0.5, 0.6) is 0 Å². The van der Waals surface area contributed by atoms with Crippen molar-refractivity contribution in [2.75, 3.05) is 19.6 Å². The molecule has 0 aromatic heterocycles. The van der Waals surface area contributed by atoms with Gasteiger partial charge in [-0.1, -0.05) is 37.3 Å². The molecule has 3 N–H and O–H groups in total. The van der Waals surface area contributed by atoms with E-state index >= 15 is 0 Å². The molecule has 2 atom stereocenters. The molecule has 0 saturated carbocycles. The lowest BCUT2D eigenvalue weighted by Crippen LogP contribution is -2.46. The van der Waals surface area contributed by atoms with Crippen LogP contribution >= 0.6 is 12.4 Å². The Bertz CT molecular complexity index is 510. The van der Waals surface area contributed by atoms with Gasteiger partial charge in [-0.25, -0.2) is 0 Å². The van der Waals surface area contributed by atoms with Gasteiger partial charge in [-0.2, -0.15) is 0 Å². The molecule has 2 amide bonds. The minimum Gasteiger partial charge on any atom is -0.354 e. The predicted molar refractivity (Wildman–Crippen MR) is 93.2 cm³/mol. The molecule has 0 radical (unpaired) electrons. The van der Waals surface area contributed by atoms with Crippen molar-refractivity contribution in [3.8, 4) is 0 Å². The summed E-state index contributed by atoms with van der Waals surface area (Å²) in [6.45, 7) is 3.68. The van der Waals surface area contributed by atoms with Gasteiger partial charge < -0.3 is 16.0 Å². The number of halogens is 1. The Balaban J connectivity index is 0.00000264. The normalized spacial score (nSPS) is 17.1. The van der Waals surface area contributed by atoms with Crippen LogP contribution in [0.4, 0.5) is 0 Å². The van der Waals surface area contributed by atoms with E-state index in [2.05, 4.69) is 5.32 Å². The summed E-state index contributed by atoms with van der Waals surface area (Å²) in [4.78, 5) is 26.6. The number of nitrogens with one attached hydrogen (secondary N) is 1. The molecule has 1 aliphatic rings. The second kappa shape index (κ2) is 9.53. The summed E-state index contributed by atoms with van der Waals surface area (Å²) < 4.78 is 0. The van der Waals surface area contributed by atoms with E-state index in [1.807, 2.05) is 37.3 Å². The molecule has 23 heavy (non-hydrogen) atoms. The van der Waals surface area contributed by atoms with Crippen molar-refractivity contribution < 1.29 is 9.59 Å². The van der Waals surface area contributed by atoms with Crippen LogP contribution in [0.25, 0.3) is 0 Å². The van der Waals surface area contributed by atoms with Crippen molar-refractivity contribution in [1.82, 2.24) is 10.2 Å². The van der Waals surface area contributed by atoms with Crippen LogP contribution in [0.3, 0.4) is 0 Å². The number of hydrogen-bond acceptors (Lipinski definition) is 3. The smallest absolute Gasteiger partial charge is 0.247 e. The first-order valence-corrected chi connectivity index (χ1v) is 7.95. The topological polar surface area (TPSA) is 75.4 Å². The molecule has 2 unspecified atom stereocenters. The van der Waals surface area contributed by atoms with Crippen LogP contribution in [-0.4, -0.2) is 36.3 Å². The van der Waals surface area contributed by atoms with E-state index in [1.54, 1.807) is 4.90 Å². The number of piperidine rings is 1. The minimum absolute atomic E-state index is 0. The van der Waals surface area contributed by atoms with Gasteiger partial charge in [0.1, 0.15) is 6.04 Å². The average molecular weight is 340 g/mol. The third-order valence-electron chi connectivity index (χ3n) is 4.06. The van der Waals surface area contributed by atoms with Crippen LogP contribution < -0.4 is 11.1 Å². The van der Waals surface area contributed by atoms with Crippen molar-refractivity contribution in [2.45, 2.75) is 32.2 Å². The molecule has 2 rings (SSSR count). The summed E-state index contributed by atoms with van der Waals surface area (Å²) in [6.07, 6.45) is 2.38. The average Bonchev–Trinajstić information content (AvgIpc) is 2.55. The highest BCUT2D eigenvalue weighted by Gasteiger charge is 2.32. The highest BCUT2D eigenvalue weighted by atomic mass is 35.5. The van der Waals surface area contributed by atoms with Crippen LogP contribution in [0, 0.1) is 5.92 Å². The number of likely N-dealkylation sites (tertiary alicyclic amines) is 1. The Morgan fingerprint density at radius 1 is 1.30 bits per heavy atom. The predicted octanol–water partition coefficient (Wildman–Crippen LogP) is 1.87. The van der Waals surface area contributed by atoms with E-state index in [0.717, 1.165) is 18.4 Å². The number of carbonyl (C=O) groups excluding carboxylic acids is 2. The summed E-state index contributed by atoms with van der Waals surface area (Å²) in [5.74, 6) is 0.154. The summed E-state index contributed by atoms with van der Waals surface area (Å²) in [7, 11) is 0. The van der Waals surface area contributed by atoms with E-state index in [9.17, 15) is 9.59 Å². The summed E-state index contributed by atoms with van der Waals surface area (Å²) in [5, 5.41) is 2.94. The number of amides is 2. The summed E-state index contributed by atoms with van der Waals surface area (Å²) in [6, 6.07) is 8.96. The van der Waals surface area contributed by atoms with Crippen LogP contribution in [-0.2, 0) is 9.59 Å². The van der Waals surface area contributed by atoms with Crippen LogP contribution in [0.15, 0.2) is 30.3 Å². The van der Waals surface area contributed by atoms with Crippen molar-refractivity contribution in [3.63, 3.8) is 0 Å². The van der Waals surface area contributed by atoms with Crippen molar-refractivity contribution in [2.24, 2.45) is 11.7 Å². The molecular formula is C17H26ClN3O2. The first-order valence-electron chi connectivity index (χ1n) is 7.95. The first-order chi connectivity index (χ1) is 10.6. The quantitative estimate of drug-likeness (QED) is 0.830. The Morgan fingerprint density at radius 3 is 2.61 bits per heavy atom. The van der Waals surface area contributed by atoms with Crippen LogP contribution in [0.1, 0.15) is 37.8 Å². The molecule has 0 aliphatic carbocycles. The van der Waals surface area contributed by atoms with Crippen LogP contribution in [0.2, 0.25) is 0 Å². The second-order valence-electron chi connectivity index (χ2n) is 5.94. The fourth-order valence-corrected chi connectivity index (χ4v) is 2.66. The summed E-state index contributed by atoms with van der Waals surface area (Å²) >= 11 is 0. The fourth-order valence-electron chi connectivity index (χ4n) is 2.66. The van der Waals surface area contributed by atoms with Crippen molar-refractivity contribution in [3.05, 3.63) is 35.9 Å². The maximum atomic E-state index is 12.7. The van der Waals surface area contributed by atoms with Gasteiger partial charge in [0.25, 0.3) is 0 Å². The minimum atomic E-state index is -0.543. The highest BCUT2D eigenvalue weighted by Crippen LogP contribution is 2.25. The molecule has 1 heterocycles. The fraction of sp³-hybridized carbons (Fsp3) is 0.529. The van der Waals surface area contributed by atoms with Gasteiger partial charge in [-0.15, -0.1) is 12.4 Å². The third kappa shape index (κ3) is 5.22. The monoisotopic (exact) mass is 339 g/mol. The highest BCUT2D eigenvalue weighted by molar-refractivity contribution is 5.89. The van der Waals surface area contributed by atoms with E-state index in [1.165, 1.54) is 0 Å². The van der Waals surface area contributed by atoms with Gasteiger partial charge in [0, 0.05) is 19.5 Å². The number of nitrogens with zero attached hydrogens (tertiary/aromatic N) is 1. The lowest BCUT2D eigenvalue weighted by Gasteiger charge is -2.34. The molecule has 1 aromatic rings. The number of benzene rings is 1. The molecule has 1 aromatic carbocycles. The second-order valence-corrected chi connectivity index (χ2v) is 5.94. The number of carbonyl (C=O) groups is 2. The summed E-state index contributed by atoms with van der Waals surface area (Å²) in [5.41, 5.74) is 6.45. The first kappa shape index (κ1) is 19.5. The van der Waals surface area contributed by atoms with E-state index < -0.39 is 6.04 Å². The van der Waals surface area contributed by atoms with Gasteiger partial charge in [0.15, 0.2) is 0 Å². The zero-order valence-corrected chi connectivity index (χ0v) is 14.3. The van der Waals surface area contributed by atoms with Crippen molar-refractivity contribution in [1.29, 1.82) is 0 Å². The molecule has 1 aliphatic heterocycles. The maximum absolute atomic E-state index is 12.7. The molecule has 1 fully saturated rings. The molecule has 0 bridgehead atoms. The van der Waals surface area contributed by atoms with Gasteiger partial charge >= 0.3 is 0 Å². The molecule has 6 heteroatoms. The zero-order valence-electron chi connectivity index (χ0n) is 13.5. The van der Waals surface area contributed by atoms with E-state index in [0.29, 0.717) is 26.1 Å². The van der Waals surface area contributed by atoms with Gasteiger partial charge in [-0.05, 0) is 30.9 Å². The molecule has 128 valence electrons. The lowest BCUT2D eigenvalue weighted by molar-refractivity contribution is -0.142. The maximum Gasteiger partial charge on any atom is 0.247 e.